The fourth-order valence-corrected chi connectivity index (χ4v) is 3.90. The number of thioether (sulfide) groups is 1. The topological polar surface area (TPSA) is 32.7 Å². The predicted octanol–water partition coefficient (Wildman–Crippen LogP) is 4.92. The van der Waals surface area contributed by atoms with E-state index in [1.807, 2.05) is 79.7 Å². The van der Waals surface area contributed by atoms with Crippen LogP contribution in [0.1, 0.15) is 10.4 Å². The van der Waals surface area contributed by atoms with Gasteiger partial charge in [-0.25, -0.2) is 4.99 Å². The van der Waals surface area contributed by atoms with Crippen LogP contribution >= 0.6 is 11.8 Å². The number of benzene rings is 3. The fraction of sp³-hybridized carbons (Fsp3) is 0.100. The van der Waals surface area contributed by atoms with Crippen LogP contribution in [0.2, 0.25) is 0 Å². The standard InChI is InChI=1S/C20H16N2OS/c1-22(2)15-11-9-14(10-12-15)21-20-19(23)16-7-3-5-13-6-4-8-17(24-20)18(13)16/h3-12H,1-2H3. The second-order valence-electron chi connectivity index (χ2n) is 5.92. The molecule has 0 amide bonds. The highest BCUT2D eigenvalue weighted by atomic mass is 32.2. The van der Waals surface area contributed by atoms with Crippen LogP contribution in [0.3, 0.4) is 0 Å². The van der Waals surface area contributed by atoms with E-state index in [9.17, 15) is 4.79 Å². The van der Waals surface area contributed by atoms with Crippen molar-refractivity contribution in [1.29, 1.82) is 0 Å². The number of Topliss-reactive ketones (excluding diaryl/α,β-unsaturated/α-hetero) is 1. The molecule has 3 nitrogen and oxygen atoms in total. The molecule has 24 heavy (non-hydrogen) atoms. The van der Waals surface area contributed by atoms with Gasteiger partial charge in [0, 0.05) is 35.6 Å². The van der Waals surface area contributed by atoms with Gasteiger partial charge < -0.3 is 4.90 Å². The molecular weight excluding hydrogens is 316 g/mol. The lowest BCUT2D eigenvalue weighted by Crippen LogP contribution is -2.15. The summed E-state index contributed by atoms with van der Waals surface area (Å²) in [6.45, 7) is 0. The number of hydrogen-bond donors (Lipinski definition) is 0. The summed E-state index contributed by atoms with van der Waals surface area (Å²) in [5.41, 5.74) is 2.64. The number of carbonyl (C=O) groups is 1. The first kappa shape index (κ1) is 15.0. The van der Waals surface area contributed by atoms with Crippen molar-refractivity contribution in [2.45, 2.75) is 4.90 Å². The largest absolute Gasteiger partial charge is 0.378 e. The first-order valence-corrected chi connectivity index (χ1v) is 8.55. The molecule has 0 fully saturated rings. The van der Waals surface area contributed by atoms with Crippen LogP contribution < -0.4 is 4.90 Å². The molecule has 0 aliphatic carbocycles. The minimum atomic E-state index is 0.000913. The first-order chi connectivity index (χ1) is 11.6. The average Bonchev–Trinajstić information content (AvgIpc) is 2.60. The van der Waals surface area contributed by atoms with Crippen molar-refractivity contribution in [2.24, 2.45) is 4.99 Å². The lowest BCUT2D eigenvalue weighted by molar-refractivity contribution is 0.107. The zero-order valence-corrected chi connectivity index (χ0v) is 14.3. The smallest absolute Gasteiger partial charge is 0.218 e. The Morgan fingerprint density at radius 2 is 1.62 bits per heavy atom. The minimum absolute atomic E-state index is 0.000913. The highest BCUT2D eigenvalue weighted by molar-refractivity contribution is 8.16. The van der Waals surface area contributed by atoms with Crippen LogP contribution in [0.15, 0.2) is 70.6 Å². The molecular formula is C20H16N2OS. The second-order valence-corrected chi connectivity index (χ2v) is 6.95. The quantitative estimate of drug-likeness (QED) is 0.667. The summed E-state index contributed by atoms with van der Waals surface area (Å²) in [5, 5.41) is 2.66. The monoisotopic (exact) mass is 332 g/mol. The summed E-state index contributed by atoms with van der Waals surface area (Å²) in [6.07, 6.45) is 0. The number of ketones is 1. The third-order valence-electron chi connectivity index (χ3n) is 4.11. The highest BCUT2D eigenvalue weighted by Crippen LogP contribution is 2.38. The van der Waals surface area contributed by atoms with E-state index < -0.39 is 0 Å². The van der Waals surface area contributed by atoms with Gasteiger partial charge in [-0.2, -0.15) is 0 Å². The van der Waals surface area contributed by atoms with E-state index in [1.165, 1.54) is 11.8 Å². The van der Waals surface area contributed by atoms with E-state index in [4.69, 9.17) is 0 Å². The number of hydrogen-bond acceptors (Lipinski definition) is 4. The number of nitrogens with zero attached hydrogens (tertiary/aromatic N) is 2. The summed E-state index contributed by atoms with van der Waals surface area (Å²) in [7, 11) is 4.00. The Labute approximate surface area is 145 Å². The summed E-state index contributed by atoms with van der Waals surface area (Å²) in [4.78, 5) is 20.5. The molecule has 1 aliphatic heterocycles. The maximum atomic E-state index is 12.8. The third kappa shape index (κ3) is 2.49. The molecule has 4 heteroatoms. The molecule has 4 rings (SSSR count). The Hall–Kier alpha value is -2.59. The number of anilines is 1. The number of rotatable bonds is 2. The summed E-state index contributed by atoms with van der Waals surface area (Å²) in [6, 6.07) is 19.9. The SMILES string of the molecule is CN(C)c1ccc(N=C2Sc3cccc4cccc(c34)C2=O)cc1. The molecule has 1 aliphatic rings. The van der Waals surface area contributed by atoms with Crippen LogP contribution in [0.25, 0.3) is 10.8 Å². The van der Waals surface area contributed by atoms with Crippen molar-refractivity contribution in [3.05, 3.63) is 66.2 Å². The normalized spacial score (nSPS) is 15.1. The van der Waals surface area contributed by atoms with Crippen molar-refractivity contribution in [2.75, 3.05) is 19.0 Å². The molecule has 0 aromatic heterocycles. The molecule has 0 saturated carbocycles. The van der Waals surface area contributed by atoms with E-state index in [0.717, 1.165) is 32.6 Å². The summed E-state index contributed by atoms with van der Waals surface area (Å²) < 4.78 is 0. The van der Waals surface area contributed by atoms with Gasteiger partial charge in [-0.15, -0.1) is 0 Å². The van der Waals surface area contributed by atoms with E-state index in [1.54, 1.807) is 0 Å². The molecule has 3 aromatic rings. The molecule has 1 heterocycles. The van der Waals surface area contributed by atoms with E-state index in [2.05, 4.69) is 4.99 Å². The van der Waals surface area contributed by atoms with Crippen LogP contribution in [-0.2, 0) is 0 Å². The molecule has 0 N–H and O–H groups in total. The van der Waals surface area contributed by atoms with E-state index >= 15 is 0 Å². The molecule has 0 saturated heterocycles. The Morgan fingerprint density at radius 1 is 0.917 bits per heavy atom. The van der Waals surface area contributed by atoms with Gasteiger partial charge >= 0.3 is 0 Å². The number of carbonyl (C=O) groups excluding carboxylic acids is 1. The third-order valence-corrected chi connectivity index (χ3v) is 5.14. The molecule has 0 unspecified atom stereocenters. The Balaban J connectivity index is 1.77. The second kappa shape index (κ2) is 5.80. The van der Waals surface area contributed by atoms with Gasteiger partial charge in [0.1, 0.15) is 5.04 Å². The van der Waals surface area contributed by atoms with Crippen molar-refractivity contribution in [1.82, 2.24) is 0 Å². The van der Waals surface area contributed by atoms with Gasteiger partial charge in [-0.3, -0.25) is 4.79 Å². The van der Waals surface area contributed by atoms with Crippen LogP contribution in [0.4, 0.5) is 11.4 Å². The molecule has 0 spiro atoms. The van der Waals surface area contributed by atoms with Gasteiger partial charge in [0.15, 0.2) is 0 Å². The van der Waals surface area contributed by atoms with Gasteiger partial charge in [0.2, 0.25) is 5.78 Å². The Morgan fingerprint density at radius 3 is 2.33 bits per heavy atom. The molecule has 3 aromatic carbocycles. The minimum Gasteiger partial charge on any atom is -0.378 e. The maximum absolute atomic E-state index is 12.8. The van der Waals surface area contributed by atoms with Crippen molar-refractivity contribution < 1.29 is 4.79 Å². The Kier molecular flexibility index (Phi) is 3.62. The highest BCUT2D eigenvalue weighted by Gasteiger charge is 2.25. The van der Waals surface area contributed by atoms with Crippen molar-refractivity contribution in [3.63, 3.8) is 0 Å². The number of aliphatic imine (C=N–C) groups is 1. The molecule has 0 bridgehead atoms. The van der Waals surface area contributed by atoms with E-state index in [-0.39, 0.29) is 5.78 Å². The van der Waals surface area contributed by atoms with Crippen molar-refractivity contribution >= 4 is 44.7 Å². The summed E-state index contributed by atoms with van der Waals surface area (Å²) >= 11 is 1.45. The van der Waals surface area contributed by atoms with Crippen molar-refractivity contribution in [3.8, 4) is 0 Å². The lowest BCUT2D eigenvalue weighted by atomic mass is 10.0. The first-order valence-electron chi connectivity index (χ1n) is 7.74. The molecule has 0 atom stereocenters. The van der Waals surface area contributed by atoms with Crippen LogP contribution in [-0.4, -0.2) is 24.9 Å². The zero-order valence-electron chi connectivity index (χ0n) is 13.5. The molecule has 0 radical (unpaired) electrons. The maximum Gasteiger partial charge on any atom is 0.218 e. The predicted molar refractivity (Wildman–Crippen MR) is 102 cm³/mol. The zero-order chi connectivity index (χ0) is 16.7. The van der Waals surface area contributed by atoms with Gasteiger partial charge in [0.05, 0.1) is 5.69 Å². The van der Waals surface area contributed by atoms with Gasteiger partial charge in [-0.1, -0.05) is 42.1 Å². The van der Waals surface area contributed by atoms with E-state index in [0.29, 0.717) is 5.04 Å². The summed E-state index contributed by atoms with van der Waals surface area (Å²) in [5.74, 6) is 0.000913. The fourth-order valence-electron chi connectivity index (χ4n) is 2.86. The van der Waals surface area contributed by atoms with Gasteiger partial charge in [0.25, 0.3) is 0 Å². The van der Waals surface area contributed by atoms with Crippen LogP contribution in [0, 0.1) is 0 Å². The van der Waals surface area contributed by atoms with Crippen LogP contribution in [0.5, 0.6) is 0 Å². The average molecular weight is 332 g/mol. The molecule has 118 valence electrons. The Bertz CT molecular complexity index is 969. The lowest BCUT2D eigenvalue weighted by Gasteiger charge is -2.17. The van der Waals surface area contributed by atoms with Gasteiger partial charge in [-0.05, 0) is 35.7 Å².